The number of esters is 1. The standard InChI is InChI=1S/C25H25O3P/c1-3-13-20(4-2)28-25(26)23-18-11-12-19-24(23)29(27,21-14-7-5-8-15-21)22-16-9-6-10-17-22/h3,5-20H,4H2,1-2H3/b13-3+/t20-/m0/s1. The van der Waals surface area contributed by atoms with E-state index < -0.39 is 13.1 Å². The molecule has 3 rings (SSSR count). The van der Waals surface area contributed by atoms with E-state index in [2.05, 4.69) is 0 Å². The first kappa shape index (κ1) is 20.8. The van der Waals surface area contributed by atoms with Crippen molar-refractivity contribution >= 4 is 29.0 Å². The van der Waals surface area contributed by atoms with Gasteiger partial charge in [-0.2, -0.15) is 0 Å². The Morgan fingerprint density at radius 3 is 1.93 bits per heavy atom. The molecule has 3 nitrogen and oxygen atoms in total. The van der Waals surface area contributed by atoms with E-state index in [4.69, 9.17) is 4.74 Å². The second kappa shape index (κ2) is 9.54. The van der Waals surface area contributed by atoms with Crippen molar-refractivity contribution in [1.82, 2.24) is 0 Å². The Bertz CT molecular complexity index is 983. The molecule has 0 radical (unpaired) electrons. The highest BCUT2D eigenvalue weighted by molar-refractivity contribution is 7.85. The maximum absolute atomic E-state index is 14.6. The van der Waals surface area contributed by atoms with Crippen LogP contribution in [0.15, 0.2) is 97.1 Å². The number of carbonyl (C=O) groups excluding carboxylic acids is 1. The van der Waals surface area contributed by atoms with Crippen LogP contribution in [0.1, 0.15) is 30.6 Å². The van der Waals surface area contributed by atoms with E-state index in [1.807, 2.05) is 92.7 Å². The molecule has 0 aromatic heterocycles. The summed E-state index contributed by atoms with van der Waals surface area (Å²) < 4.78 is 20.3. The van der Waals surface area contributed by atoms with Crippen LogP contribution >= 0.6 is 7.14 Å². The van der Waals surface area contributed by atoms with Gasteiger partial charge in [-0.05, 0) is 31.6 Å². The molecule has 0 heterocycles. The largest absolute Gasteiger partial charge is 0.455 e. The first-order valence-electron chi connectivity index (χ1n) is 9.76. The lowest BCUT2D eigenvalue weighted by Gasteiger charge is -2.22. The smallest absolute Gasteiger partial charge is 0.339 e. The van der Waals surface area contributed by atoms with Gasteiger partial charge in [0.05, 0.1) is 5.56 Å². The molecule has 4 heteroatoms. The van der Waals surface area contributed by atoms with Gasteiger partial charge in [-0.3, -0.25) is 0 Å². The topological polar surface area (TPSA) is 43.4 Å². The number of hydrogen-bond donors (Lipinski definition) is 0. The third kappa shape index (κ3) is 4.41. The van der Waals surface area contributed by atoms with E-state index in [9.17, 15) is 9.36 Å². The molecule has 0 bridgehead atoms. The minimum absolute atomic E-state index is 0.312. The Hall–Kier alpha value is -2.90. The van der Waals surface area contributed by atoms with Crippen LogP contribution in [-0.4, -0.2) is 12.1 Å². The second-order valence-corrected chi connectivity index (χ2v) is 9.41. The molecule has 3 aromatic carbocycles. The minimum atomic E-state index is -3.25. The van der Waals surface area contributed by atoms with Gasteiger partial charge >= 0.3 is 5.97 Å². The number of allylic oxidation sites excluding steroid dienone is 1. The molecule has 0 spiro atoms. The van der Waals surface area contributed by atoms with E-state index in [1.165, 1.54) is 0 Å². The molecule has 3 aromatic rings. The Morgan fingerprint density at radius 2 is 1.41 bits per heavy atom. The zero-order valence-corrected chi connectivity index (χ0v) is 17.6. The minimum Gasteiger partial charge on any atom is -0.455 e. The number of benzene rings is 3. The van der Waals surface area contributed by atoms with Gasteiger partial charge in [0, 0.05) is 15.9 Å². The highest BCUT2D eigenvalue weighted by atomic mass is 31.2. The zero-order valence-electron chi connectivity index (χ0n) is 16.7. The molecular formula is C25H25O3P. The Labute approximate surface area is 172 Å². The number of hydrogen-bond acceptors (Lipinski definition) is 3. The highest BCUT2D eigenvalue weighted by Gasteiger charge is 2.33. The van der Waals surface area contributed by atoms with Crippen molar-refractivity contribution in [3.8, 4) is 0 Å². The van der Waals surface area contributed by atoms with Crippen LogP contribution in [0.4, 0.5) is 0 Å². The molecule has 0 fully saturated rings. The van der Waals surface area contributed by atoms with Crippen molar-refractivity contribution in [3.63, 3.8) is 0 Å². The average molecular weight is 404 g/mol. The highest BCUT2D eigenvalue weighted by Crippen LogP contribution is 2.43. The van der Waals surface area contributed by atoms with E-state index in [0.717, 1.165) is 0 Å². The van der Waals surface area contributed by atoms with E-state index in [1.54, 1.807) is 18.2 Å². The monoisotopic (exact) mass is 404 g/mol. The summed E-state index contributed by atoms with van der Waals surface area (Å²) >= 11 is 0. The number of ether oxygens (including phenoxy) is 1. The van der Waals surface area contributed by atoms with Gasteiger partial charge in [-0.25, -0.2) is 4.79 Å². The molecule has 0 saturated heterocycles. The van der Waals surface area contributed by atoms with Gasteiger partial charge in [0.1, 0.15) is 6.10 Å². The SMILES string of the molecule is C/C=C/[C@H](CC)OC(=O)c1ccccc1P(=O)(c1ccccc1)c1ccccc1. The Kier molecular flexibility index (Phi) is 6.85. The fourth-order valence-electron chi connectivity index (χ4n) is 3.30. The summed E-state index contributed by atoms with van der Waals surface area (Å²) in [6.07, 6.45) is 4.09. The van der Waals surface area contributed by atoms with Crippen LogP contribution in [0, 0.1) is 0 Å². The molecule has 0 N–H and O–H groups in total. The summed E-state index contributed by atoms with van der Waals surface area (Å²) in [5.41, 5.74) is 0.339. The molecule has 0 aliphatic heterocycles. The maximum Gasteiger partial charge on any atom is 0.339 e. The van der Waals surface area contributed by atoms with Gasteiger partial charge in [0.2, 0.25) is 0 Å². The summed E-state index contributed by atoms with van der Waals surface area (Å²) in [6, 6.07) is 25.7. The van der Waals surface area contributed by atoms with E-state index in [-0.39, 0.29) is 6.10 Å². The number of carbonyl (C=O) groups is 1. The third-order valence-electron chi connectivity index (χ3n) is 4.77. The van der Waals surface area contributed by atoms with Crippen molar-refractivity contribution in [2.45, 2.75) is 26.4 Å². The normalized spacial score (nSPS) is 12.6. The second-order valence-electron chi connectivity index (χ2n) is 6.68. The fourth-order valence-corrected chi connectivity index (χ4v) is 6.14. The van der Waals surface area contributed by atoms with E-state index in [0.29, 0.717) is 27.9 Å². The molecule has 0 amide bonds. The molecule has 1 atom stereocenters. The summed E-state index contributed by atoms with van der Waals surface area (Å²) in [7, 11) is -3.25. The summed E-state index contributed by atoms with van der Waals surface area (Å²) in [5.74, 6) is -0.461. The van der Waals surface area contributed by atoms with Crippen LogP contribution in [0.25, 0.3) is 0 Å². The Balaban J connectivity index is 2.16. The van der Waals surface area contributed by atoms with Gasteiger partial charge in [-0.1, -0.05) is 85.8 Å². The van der Waals surface area contributed by atoms with Crippen LogP contribution in [-0.2, 0) is 9.30 Å². The average Bonchev–Trinajstić information content (AvgIpc) is 2.79. The lowest BCUT2D eigenvalue weighted by Crippen LogP contribution is -2.30. The van der Waals surface area contributed by atoms with Gasteiger partial charge in [0.15, 0.2) is 7.14 Å². The quantitative estimate of drug-likeness (QED) is 0.322. The van der Waals surface area contributed by atoms with Crippen molar-refractivity contribution in [1.29, 1.82) is 0 Å². The molecule has 0 unspecified atom stereocenters. The van der Waals surface area contributed by atoms with Crippen molar-refractivity contribution < 1.29 is 14.1 Å². The molecule has 0 saturated carbocycles. The lowest BCUT2D eigenvalue weighted by atomic mass is 10.2. The van der Waals surface area contributed by atoms with Gasteiger partial charge in [0.25, 0.3) is 0 Å². The fraction of sp³-hybridized carbons (Fsp3) is 0.160. The van der Waals surface area contributed by atoms with Crippen molar-refractivity contribution in [2.75, 3.05) is 0 Å². The van der Waals surface area contributed by atoms with Crippen molar-refractivity contribution in [2.24, 2.45) is 0 Å². The maximum atomic E-state index is 14.6. The number of rotatable bonds is 7. The Morgan fingerprint density at radius 1 is 0.897 bits per heavy atom. The molecule has 0 aliphatic rings. The van der Waals surface area contributed by atoms with Crippen LogP contribution in [0.2, 0.25) is 0 Å². The van der Waals surface area contributed by atoms with E-state index >= 15 is 0 Å². The molecule has 0 aliphatic carbocycles. The summed E-state index contributed by atoms with van der Waals surface area (Å²) in [5, 5.41) is 1.87. The van der Waals surface area contributed by atoms with Crippen LogP contribution < -0.4 is 15.9 Å². The van der Waals surface area contributed by atoms with Crippen LogP contribution in [0.3, 0.4) is 0 Å². The van der Waals surface area contributed by atoms with Crippen LogP contribution in [0.5, 0.6) is 0 Å². The summed E-state index contributed by atoms with van der Waals surface area (Å²) in [6.45, 7) is 3.85. The predicted octanol–water partition coefficient (Wildman–Crippen LogP) is 4.84. The summed E-state index contributed by atoms with van der Waals surface area (Å²) in [4.78, 5) is 13.0. The van der Waals surface area contributed by atoms with Crippen molar-refractivity contribution in [3.05, 3.63) is 103 Å². The zero-order chi connectivity index (χ0) is 20.7. The molecular weight excluding hydrogens is 379 g/mol. The first-order chi connectivity index (χ1) is 14.1. The third-order valence-corrected chi connectivity index (χ3v) is 7.89. The predicted molar refractivity (Wildman–Crippen MR) is 120 cm³/mol. The first-order valence-corrected chi connectivity index (χ1v) is 11.5. The molecule has 148 valence electrons. The molecule has 29 heavy (non-hydrogen) atoms. The lowest BCUT2D eigenvalue weighted by molar-refractivity contribution is 0.0390. The van der Waals surface area contributed by atoms with Gasteiger partial charge < -0.3 is 9.30 Å². The van der Waals surface area contributed by atoms with Gasteiger partial charge in [-0.15, -0.1) is 0 Å².